The van der Waals surface area contributed by atoms with E-state index in [2.05, 4.69) is 34.4 Å². The van der Waals surface area contributed by atoms with E-state index >= 15 is 0 Å². The molecule has 0 unspecified atom stereocenters. The van der Waals surface area contributed by atoms with E-state index in [1.807, 2.05) is 12.1 Å². The zero-order valence-electron chi connectivity index (χ0n) is 20.1. The zero-order chi connectivity index (χ0) is 25.7. The number of hydrogen-bond acceptors (Lipinski definition) is 5. The van der Waals surface area contributed by atoms with Gasteiger partial charge in [0.15, 0.2) is 0 Å². The number of aryl methyl sites for hydroxylation is 3. The molecule has 3 N–H and O–H groups in total. The van der Waals surface area contributed by atoms with Crippen LogP contribution in [0, 0.1) is 0 Å². The van der Waals surface area contributed by atoms with Crippen LogP contribution in [0.3, 0.4) is 0 Å². The molecule has 1 aliphatic rings. The quantitative estimate of drug-likeness (QED) is 0.177. The number of alkyl halides is 3. The van der Waals surface area contributed by atoms with Crippen LogP contribution in [-0.2, 0) is 25.4 Å². The lowest BCUT2D eigenvalue weighted by atomic mass is 9.96. The van der Waals surface area contributed by atoms with Crippen LogP contribution in [0.4, 0.5) is 13.2 Å². The van der Waals surface area contributed by atoms with Crippen LogP contribution in [0.2, 0.25) is 0 Å². The number of aromatic nitrogens is 2. The summed E-state index contributed by atoms with van der Waals surface area (Å²) in [6.07, 6.45) is 0.913. The minimum absolute atomic E-state index is 0.0658. The van der Waals surface area contributed by atoms with Gasteiger partial charge in [0.2, 0.25) is 17.7 Å². The molecule has 0 radical (unpaired) electrons. The van der Waals surface area contributed by atoms with Crippen molar-refractivity contribution in [2.24, 2.45) is 10.9 Å². The van der Waals surface area contributed by atoms with E-state index in [1.165, 1.54) is 11.6 Å². The number of halogens is 3. The van der Waals surface area contributed by atoms with Crippen LogP contribution in [0.25, 0.3) is 11.4 Å². The molecule has 10 heteroatoms. The minimum Gasteiger partial charge on any atom is -0.408 e. The summed E-state index contributed by atoms with van der Waals surface area (Å²) < 4.78 is 47.2. The Morgan fingerprint density at radius 1 is 1.14 bits per heavy atom. The standard InChI is InChI=1S/C26H30F3N5O2/c1-2-3-5-17-7-9-18(10-8-17)11-12-19-13-14-20(16-21(19)26(27,28)29)23-31-24(36-33-23)22-6-4-15-34(22)25(30)32-35/h7-10,13-14,16,22,35H,2-6,11-12,15H2,1H3,(H2,30,32)/t22-/m0/s1. The topological polar surface area (TPSA) is 101 Å². The number of guanidine groups is 1. The Hall–Kier alpha value is -3.56. The maximum atomic E-state index is 13.9. The van der Waals surface area contributed by atoms with Gasteiger partial charge in [-0.1, -0.05) is 60.1 Å². The lowest BCUT2D eigenvalue weighted by molar-refractivity contribution is -0.138. The van der Waals surface area contributed by atoms with E-state index in [-0.39, 0.29) is 35.2 Å². The Kier molecular flexibility index (Phi) is 7.81. The second kappa shape index (κ2) is 11.0. The van der Waals surface area contributed by atoms with E-state index in [0.29, 0.717) is 19.4 Å². The molecule has 1 aliphatic heterocycles. The molecule has 4 rings (SSSR count). The van der Waals surface area contributed by atoms with Gasteiger partial charge in [-0.25, -0.2) is 0 Å². The van der Waals surface area contributed by atoms with Crippen molar-refractivity contribution in [3.05, 3.63) is 70.6 Å². The third-order valence-electron chi connectivity index (χ3n) is 6.57. The molecule has 36 heavy (non-hydrogen) atoms. The van der Waals surface area contributed by atoms with E-state index in [1.54, 1.807) is 11.0 Å². The Labute approximate surface area is 207 Å². The molecule has 1 saturated heterocycles. The average molecular weight is 502 g/mol. The maximum Gasteiger partial charge on any atom is 0.416 e. The fourth-order valence-corrected chi connectivity index (χ4v) is 4.57. The molecule has 0 aliphatic carbocycles. The van der Waals surface area contributed by atoms with Gasteiger partial charge >= 0.3 is 6.18 Å². The second-order valence-corrected chi connectivity index (χ2v) is 9.06. The van der Waals surface area contributed by atoms with Gasteiger partial charge in [0.05, 0.1) is 5.56 Å². The van der Waals surface area contributed by atoms with Gasteiger partial charge in [-0.05, 0) is 61.3 Å². The van der Waals surface area contributed by atoms with Crippen molar-refractivity contribution >= 4 is 5.96 Å². The van der Waals surface area contributed by atoms with Crippen molar-refractivity contribution in [2.75, 3.05) is 6.54 Å². The molecule has 7 nitrogen and oxygen atoms in total. The molecule has 0 spiro atoms. The summed E-state index contributed by atoms with van der Waals surface area (Å²) in [7, 11) is 0. The van der Waals surface area contributed by atoms with Gasteiger partial charge in [0.1, 0.15) is 6.04 Å². The number of benzene rings is 2. The highest BCUT2D eigenvalue weighted by Crippen LogP contribution is 2.36. The van der Waals surface area contributed by atoms with Gasteiger partial charge < -0.3 is 20.4 Å². The summed E-state index contributed by atoms with van der Waals surface area (Å²) in [6.45, 7) is 2.69. The molecule has 2 aromatic carbocycles. The normalized spacial score (nSPS) is 16.6. The zero-order valence-corrected chi connectivity index (χ0v) is 20.1. The van der Waals surface area contributed by atoms with Gasteiger partial charge in [0.25, 0.3) is 0 Å². The van der Waals surface area contributed by atoms with E-state index in [4.69, 9.17) is 15.5 Å². The van der Waals surface area contributed by atoms with Crippen LogP contribution in [0.15, 0.2) is 52.1 Å². The van der Waals surface area contributed by atoms with Crippen molar-refractivity contribution < 1.29 is 22.9 Å². The van der Waals surface area contributed by atoms with Gasteiger partial charge in [-0.3, -0.25) is 0 Å². The summed E-state index contributed by atoms with van der Waals surface area (Å²) in [5.74, 6) is 0.210. The predicted molar refractivity (Wildman–Crippen MR) is 129 cm³/mol. The van der Waals surface area contributed by atoms with E-state index in [0.717, 1.165) is 37.3 Å². The highest BCUT2D eigenvalue weighted by molar-refractivity contribution is 5.78. The van der Waals surface area contributed by atoms with Crippen LogP contribution < -0.4 is 5.73 Å². The molecule has 0 saturated carbocycles. The smallest absolute Gasteiger partial charge is 0.408 e. The largest absolute Gasteiger partial charge is 0.416 e. The van der Waals surface area contributed by atoms with Crippen LogP contribution >= 0.6 is 0 Å². The fraction of sp³-hybridized carbons (Fsp3) is 0.423. The Bertz CT molecular complexity index is 1190. The minimum atomic E-state index is -4.52. The van der Waals surface area contributed by atoms with Crippen molar-refractivity contribution in [3.8, 4) is 11.4 Å². The Balaban J connectivity index is 1.52. The van der Waals surface area contributed by atoms with Crippen molar-refractivity contribution in [3.63, 3.8) is 0 Å². The van der Waals surface area contributed by atoms with Crippen molar-refractivity contribution in [2.45, 2.75) is 64.1 Å². The fourth-order valence-electron chi connectivity index (χ4n) is 4.57. The molecule has 1 atom stereocenters. The van der Waals surface area contributed by atoms with Gasteiger partial charge in [-0.15, -0.1) is 0 Å². The molecular formula is C26H30F3N5O2. The molecule has 0 amide bonds. The van der Waals surface area contributed by atoms with Gasteiger partial charge in [0, 0.05) is 12.1 Å². The van der Waals surface area contributed by atoms with E-state index < -0.39 is 17.8 Å². The molecule has 0 bridgehead atoms. The van der Waals surface area contributed by atoms with Crippen LogP contribution in [0.5, 0.6) is 0 Å². The molecule has 1 fully saturated rings. The Morgan fingerprint density at radius 3 is 2.53 bits per heavy atom. The molecular weight excluding hydrogens is 471 g/mol. The average Bonchev–Trinajstić information content (AvgIpc) is 3.56. The summed E-state index contributed by atoms with van der Waals surface area (Å²) in [5, 5.41) is 15.9. The first-order chi connectivity index (χ1) is 17.3. The number of rotatable bonds is 8. The first kappa shape index (κ1) is 25.5. The summed E-state index contributed by atoms with van der Waals surface area (Å²) in [6, 6.07) is 11.9. The van der Waals surface area contributed by atoms with Crippen LogP contribution in [-0.4, -0.2) is 32.8 Å². The van der Waals surface area contributed by atoms with Crippen LogP contribution in [0.1, 0.15) is 66.8 Å². The first-order valence-electron chi connectivity index (χ1n) is 12.2. The summed E-state index contributed by atoms with van der Waals surface area (Å²) in [4.78, 5) is 5.95. The lowest BCUT2D eigenvalue weighted by Crippen LogP contribution is -2.36. The number of likely N-dealkylation sites (tertiary alicyclic amines) is 1. The van der Waals surface area contributed by atoms with Crippen molar-refractivity contribution in [1.82, 2.24) is 15.0 Å². The number of unbranched alkanes of at least 4 members (excludes halogenated alkanes) is 1. The highest BCUT2D eigenvalue weighted by atomic mass is 19.4. The van der Waals surface area contributed by atoms with Crippen molar-refractivity contribution in [1.29, 1.82) is 0 Å². The maximum absolute atomic E-state index is 13.9. The monoisotopic (exact) mass is 501 g/mol. The summed E-state index contributed by atoms with van der Waals surface area (Å²) in [5.41, 5.74) is 7.70. The number of nitrogens with two attached hydrogens (primary N) is 1. The lowest BCUT2D eigenvalue weighted by Gasteiger charge is -2.21. The third-order valence-corrected chi connectivity index (χ3v) is 6.57. The molecule has 2 heterocycles. The van der Waals surface area contributed by atoms with E-state index in [9.17, 15) is 13.2 Å². The first-order valence-corrected chi connectivity index (χ1v) is 12.2. The number of oxime groups is 1. The number of hydrogen-bond donors (Lipinski definition) is 2. The predicted octanol–water partition coefficient (Wildman–Crippen LogP) is 5.72. The molecule has 3 aromatic rings. The Morgan fingerprint density at radius 2 is 1.86 bits per heavy atom. The SMILES string of the molecule is CCCCc1ccc(CCc2ccc(-c3noc([C@@H]4CCCN4/C(N)=N\O)n3)cc2C(F)(F)F)cc1. The highest BCUT2D eigenvalue weighted by Gasteiger charge is 2.35. The summed E-state index contributed by atoms with van der Waals surface area (Å²) >= 11 is 0. The second-order valence-electron chi connectivity index (χ2n) is 9.06. The third kappa shape index (κ3) is 5.80. The van der Waals surface area contributed by atoms with Gasteiger partial charge in [-0.2, -0.15) is 18.2 Å². The number of nitrogens with zero attached hydrogens (tertiary/aromatic N) is 4. The molecule has 192 valence electrons. The molecule has 1 aromatic heterocycles.